The predicted octanol–water partition coefficient (Wildman–Crippen LogP) is 6.59. The Morgan fingerprint density at radius 2 is 0.879 bits per heavy atom. The van der Waals surface area contributed by atoms with E-state index in [9.17, 15) is 9.13 Å². The Kier molecular flexibility index (Phi) is 20.4. The van der Waals surface area contributed by atoms with Gasteiger partial charge in [-0.3, -0.25) is 18.1 Å². The molecule has 0 aliphatic heterocycles. The smallest absolute Gasteiger partial charge is 0.309 e. The summed E-state index contributed by atoms with van der Waals surface area (Å²) in [5.41, 5.74) is 0. The van der Waals surface area contributed by atoms with E-state index in [1.54, 1.807) is 0 Å². The van der Waals surface area contributed by atoms with E-state index < -0.39 is 15.6 Å². The van der Waals surface area contributed by atoms with Gasteiger partial charge >= 0.3 is 15.6 Å². The average Bonchev–Trinajstić information content (AvgIpc) is 2.74. The van der Waals surface area contributed by atoms with Crippen molar-refractivity contribution in [3.63, 3.8) is 0 Å². The Labute approximate surface area is 201 Å². The Balaban J connectivity index is 5.50. The number of phosphoric ester groups is 2. The molecule has 0 amide bonds. The molecule has 33 heavy (non-hydrogen) atoms. The largest absolute Gasteiger partial charge is 0.493 e. The molecule has 0 N–H and O–H groups in total. The van der Waals surface area contributed by atoms with Crippen molar-refractivity contribution < 1.29 is 36.5 Å². The van der Waals surface area contributed by atoms with Crippen LogP contribution in [0.25, 0.3) is 0 Å². The first kappa shape index (κ1) is 33.1. The number of hydrogen-bond donors (Lipinski definition) is 0. The fourth-order valence-electron chi connectivity index (χ4n) is 2.29. The number of unbranched alkanes of at least 4 members (excludes halogenated alkanes) is 4. The van der Waals surface area contributed by atoms with E-state index in [0.29, 0.717) is 38.6 Å². The van der Waals surface area contributed by atoms with Crippen molar-refractivity contribution in [1.29, 1.82) is 0 Å². The lowest BCUT2D eigenvalue weighted by Crippen LogP contribution is -2.28. The van der Waals surface area contributed by atoms with Crippen LogP contribution in [0.15, 0.2) is 0 Å². The van der Waals surface area contributed by atoms with Gasteiger partial charge in [0.25, 0.3) is 0 Å². The van der Waals surface area contributed by atoms with Gasteiger partial charge in [-0.2, -0.15) is 9.25 Å². The first-order chi connectivity index (χ1) is 15.7. The quantitative estimate of drug-likeness (QED) is 0.0791. The first-order valence-corrected chi connectivity index (χ1v) is 15.3. The van der Waals surface area contributed by atoms with Gasteiger partial charge in [-0.25, -0.2) is 9.13 Å². The van der Waals surface area contributed by atoms with Crippen LogP contribution in [0.3, 0.4) is 0 Å². The first-order valence-electron chi connectivity index (χ1n) is 12.3. The molecule has 0 saturated heterocycles. The molecule has 0 aliphatic carbocycles. The van der Waals surface area contributed by atoms with Crippen LogP contribution in [0.1, 0.15) is 85.5 Å². The van der Waals surface area contributed by atoms with Crippen molar-refractivity contribution >= 4 is 15.6 Å². The second kappa shape index (κ2) is 20.3. The fraction of sp³-hybridized carbons (Fsp3) is 1.00. The molecule has 0 unspecified atom stereocenters. The molecule has 0 spiro atoms. The van der Waals surface area contributed by atoms with E-state index in [-0.39, 0.29) is 33.0 Å². The van der Waals surface area contributed by atoms with Crippen LogP contribution in [0.2, 0.25) is 0 Å². The molecular weight excluding hydrogens is 470 g/mol. The third-order valence-electron chi connectivity index (χ3n) is 4.32. The summed E-state index contributed by atoms with van der Waals surface area (Å²) in [7, 11) is -4.11. The molecule has 0 aromatic carbocycles. The number of rotatable bonds is 24. The van der Waals surface area contributed by atoms with Crippen molar-refractivity contribution in [2.75, 3.05) is 53.6 Å². The maximum atomic E-state index is 13.3. The summed E-state index contributed by atoms with van der Waals surface area (Å²) in [6.45, 7) is 9.72. The molecule has 0 aromatic heterocycles. The van der Waals surface area contributed by atoms with E-state index in [1.807, 2.05) is 46.7 Å². The topological polar surface area (TPSA) is 96.0 Å². The highest BCUT2D eigenvalue weighted by atomic mass is 31.2. The number of nitrogens with zero attached hydrogens (tertiary/aromatic N) is 2. The summed E-state index contributed by atoms with van der Waals surface area (Å²) in [6, 6.07) is 0. The third kappa shape index (κ3) is 18.1. The molecule has 0 radical (unpaired) electrons. The van der Waals surface area contributed by atoms with Gasteiger partial charge in [-0.1, -0.05) is 53.4 Å². The lowest BCUT2D eigenvalue weighted by Gasteiger charge is -2.28. The number of phosphoric acid groups is 2. The molecule has 0 heterocycles. The lowest BCUT2D eigenvalue weighted by atomic mass is 10.4. The number of hydroxylamine groups is 2. The van der Waals surface area contributed by atoms with Crippen molar-refractivity contribution in [1.82, 2.24) is 10.1 Å². The second-order valence-corrected chi connectivity index (χ2v) is 11.2. The maximum Gasteiger partial charge on any atom is 0.493 e. The Bertz CT molecular complexity index is 486. The van der Waals surface area contributed by atoms with E-state index >= 15 is 0 Å². The second-order valence-electron chi connectivity index (χ2n) is 8.02. The summed E-state index contributed by atoms with van der Waals surface area (Å²) in [5.74, 6) is 0. The lowest BCUT2D eigenvalue weighted by molar-refractivity contribution is -0.280. The molecule has 0 rings (SSSR count). The molecule has 0 bridgehead atoms. The standard InChI is InChI=1S/C21H48N2O8P2/c1-7-11-18-26-32(24,27-19-12-8-2)30-23(17-15-16-22(5)6)31-33(25,28-20-13-9-3)29-21-14-10-4/h7-21H2,1-6H3. The van der Waals surface area contributed by atoms with Crippen LogP contribution < -0.4 is 0 Å². The third-order valence-corrected chi connectivity index (χ3v) is 7.08. The van der Waals surface area contributed by atoms with Gasteiger partial charge in [0.1, 0.15) is 0 Å². The zero-order valence-electron chi connectivity index (χ0n) is 21.7. The molecule has 0 fully saturated rings. The van der Waals surface area contributed by atoms with E-state index in [0.717, 1.165) is 30.9 Å². The van der Waals surface area contributed by atoms with Crippen LogP contribution >= 0.6 is 15.6 Å². The van der Waals surface area contributed by atoms with E-state index in [1.165, 1.54) is 0 Å². The van der Waals surface area contributed by atoms with Crippen LogP contribution in [0.5, 0.6) is 0 Å². The van der Waals surface area contributed by atoms with Crippen molar-refractivity contribution in [2.45, 2.75) is 85.5 Å². The van der Waals surface area contributed by atoms with Gasteiger partial charge in [-0.05, 0) is 58.0 Å². The van der Waals surface area contributed by atoms with E-state index in [2.05, 4.69) is 0 Å². The summed E-state index contributed by atoms with van der Waals surface area (Å²) < 4.78 is 59.8. The molecule has 0 atom stereocenters. The molecule has 10 nitrogen and oxygen atoms in total. The molecule has 200 valence electrons. The summed E-state index contributed by atoms with van der Waals surface area (Å²) >= 11 is 0. The van der Waals surface area contributed by atoms with Gasteiger partial charge in [-0.15, -0.1) is 0 Å². The zero-order chi connectivity index (χ0) is 25.0. The number of hydrogen-bond acceptors (Lipinski definition) is 10. The summed E-state index contributed by atoms with van der Waals surface area (Å²) in [6.07, 6.45) is 6.84. The van der Waals surface area contributed by atoms with Gasteiger partial charge in [0.05, 0.1) is 33.0 Å². The highest BCUT2D eigenvalue weighted by Crippen LogP contribution is 2.55. The Morgan fingerprint density at radius 1 is 0.545 bits per heavy atom. The van der Waals surface area contributed by atoms with Crippen LogP contribution in [-0.4, -0.2) is 63.7 Å². The Hall–Kier alpha value is 0.140. The predicted molar refractivity (Wildman–Crippen MR) is 131 cm³/mol. The van der Waals surface area contributed by atoms with Crippen molar-refractivity contribution in [3.05, 3.63) is 0 Å². The summed E-state index contributed by atoms with van der Waals surface area (Å²) in [5, 5.41) is 0.904. The minimum Gasteiger partial charge on any atom is -0.309 e. The van der Waals surface area contributed by atoms with Crippen molar-refractivity contribution in [3.8, 4) is 0 Å². The minimum absolute atomic E-state index is 0.161. The minimum atomic E-state index is -3.99. The van der Waals surface area contributed by atoms with Crippen LogP contribution in [-0.2, 0) is 36.5 Å². The highest BCUT2D eigenvalue weighted by molar-refractivity contribution is 7.49. The van der Waals surface area contributed by atoms with E-state index in [4.69, 9.17) is 27.3 Å². The van der Waals surface area contributed by atoms with Gasteiger partial charge in [0, 0.05) is 0 Å². The average molecular weight is 519 g/mol. The van der Waals surface area contributed by atoms with Crippen molar-refractivity contribution in [2.24, 2.45) is 0 Å². The molecule has 12 heteroatoms. The van der Waals surface area contributed by atoms with Crippen LogP contribution in [0.4, 0.5) is 0 Å². The van der Waals surface area contributed by atoms with Crippen LogP contribution in [0, 0.1) is 0 Å². The monoisotopic (exact) mass is 518 g/mol. The normalized spacial score (nSPS) is 12.8. The molecule has 0 saturated carbocycles. The molecule has 0 aliphatic rings. The van der Waals surface area contributed by atoms with Gasteiger partial charge in [0.15, 0.2) is 0 Å². The summed E-state index contributed by atoms with van der Waals surface area (Å²) in [4.78, 5) is 1.99. The zero-order valence-corrected chi connectivity index (χ0v) is 23.5. The molecule has 0 aromatic rings. The highest BCUT2D eigenvalue weighted by Gasteiger charge is 2.37. The maximum absolute atomic E-state index is 13.3. The fourth-order valence-corrected chi connectivity index (χ4v) is 4.76. The SMILES string of the molecule is CCCCOP(=O)(OCCCC)ON(CCCN(C)C)OP(=O)(OCCCC)OCCCC. The van der Waals surface area contributed by atoms with Gasteiger partial charge < -0.3 is 4.90 Å². The molecular formula is C21H48N2O8P2. The Morgan fingerprint density at radius 3 is 1.15 bits per heavy atom. The van der Waals surface area contributed by atoms with Gasteiger partial charge in [0.2, 0.25) is 0 Å².